The minimum Gasteiger partial charge on any atom is -0.496 e. The second kappa shape index (κ2) is 8.16. The minimum atomic E-state index is 0.0786. The summed E-state index contributed by atoms with van der Waals surface area (Å²) in [5, 5.41) is 1.98. The van der Waals surface area contributed by atoms with E-state index in [2.05, 4.69) is 0 Å². The van der Waals surface area contributed by atoms with Crippen LogP contribution in [0.3, 0.4) is 0 Å². The van der Waals surface area contributed by atoms with Crippen molar-refractivity contribution in [1.82, 2.24) is 9.80 Å². The van der Waals surface area contributed by atoms with Gasteiger partial charge in [-0.05, 0) is 17.5 Å². The number of thiophene rings is 1. The average molecular weight is 358 g/mol. The van der Waals surface area contributed by atoms with Gasteiger partial charge in [-0.25, -0.2) is 0 Å². The fourth-order valence-electron chi connectivity index (χ4n) is 3.00. The number of para-hydroxylation sites is 1. The largest absolute Gasteiger partial charge is 0.496 e. The normalized spacial score (nSPS) is 14.4. The second-order valence-corrected chi connectivity index (χ2v) is 7.04. The van der Waals surface area contributed by atoms with E-state index in [9.17, 15) is 9.59 Å². The van der Waals surface area contributed by atoms with Crippen LogP contribution in [0.1, 0.15) is 10.4 Å². The molecule has 132 valence electrons. The zero-order valence-electron chi connectivity index (χ0n) is 14.3. The van der Waals surface area contributed by atoms with Crippen molar-refractivity contribution in [2.45, 2.75) is 12.8 Å². The highest BCUT2D eigenvalue weighted by molar-refractivity contribution is 7.10. The lowest BCUT2D eigenvalue weighted by molar-refractivity contribution is -0.138. The number of rotatable bonds is 5. The van der Waals surface area contributed by atoms with Crippen molar-refractivity contribution < 1.29 is 14.3 Å². The van der Waals surface area contributed by atoms with Gasteiger partial charge in [-0.1, -0.05) is 24.3 Å². The van der Waals surface area contributed by atoms with Gasteiger partial charge in [-0.2, -0.15) is 0 Å². The Balaban J connectivity index is 1.51. The lowest BCUT2D eigenvalue weighted by Gasteiger charge is -2.35. The van der Waals surface area contributed by atoms with Crippen LogP contribution in [0.4, 0.5) is 0 Å². The predicted molar refractivity (Wildman–Crippen MR) is 97.9 cm³/mol. The first-order valence-corrected chi connectivity index (χ1v) is 9.25. The Morgan fingerprint density at radius 3 is 2.20 bits per heavy atom. The molecule has 1 aliphatic heterocycles. The molecule has 1 aromatic heterocycles. The first-order chi connectivity index (χ1) is 12.2. The molecule has 0 atom stereocenters. The summed E-state index contributed by atoms with van der Waals surface area (Å²) in [7, 11) is 1.61. The van der Waals surface area contributed by atoms with E-state index in [-0.39, 0.29) is 11.8 Å². The highest BCUT2D eigenvalue weighted by Crippen LogP contribution is 2.19. The molecule has 0 unspecified atom stereocenters. The van der Waals surface area contributed by atoms with Gasteiger partial charge in [0.25, 0.3) is 0 Å². The number of methoxy groups -OCH3 is 1. The van der Waals surface area contributed by atoms with E-state index in [1.165, 1.54) is 0 Å². The molecule has 1 aliphatic rings. The number of carbonyl (C=O) groups excluding carboxylic acids is 2. The van der Waals surface area contributed by atoms with Crippen LogP contribution in [-0.2, 0) is 22.4 Å². The Labute approximate surface area is 151 Å². The maximum Gasteiger partial charge on any atom is 0.227 e. The number of benzene rings is 1. The van der Waals surface area contributed by atoms with Crippen molar-refractivity contribution >= 4 is 23.2 Å². The van der Waals surface area contributed by atoms with E-state index >= 15 is 0 Å². The average Bonchev–Trinajstić information content (AvgIpc) is 3.15. The van der Waals surface area contributed by atoms with E-state index in [4.69, 9.17) is 4.74 Å². The van der Waals surface area contributed by atoms with Crippen LogP contribution in [0.25, 0.3) is 0 Å². The van der Waals surface area contributed by atoms with E-state index in [1.54, 1.807) is 18.4 Å². The Bertz CT molecular complexity index is 722. The molecular formula is C19H22N2O3S. The molecule has 0 N–H and O–H groups in total. The van der Waals surface area contributed by atoms with E-state index < -0.39 is 0 Å². The Morgan fingerprint density at radius 2 is 1.60 bits per heavy atom. The van der Waals surface area contributed by atoms with Gasteiger partial charge < -0.3 is 14.5 Å². The van der Waals surface area contributed by atoms with Crippen LogP contribution in [0.2, 0.25) is 0 Å². The summed E-state index contributed by atoms with van der Waals surface area (Å²) < 4.78 is 5.31. The van der Waals surface area contributed by atoms with Crippen LogP contribution in [0, 0.1) is 0 Å². The monoisotopic (exact) mass is 358 g/mol. The van der Waals surface area contributed by atoms with E-state index in [1.807, 2.05) is 51.6 Å². The standard InChI is InChI=1S/C19H22N2O3S/c1-24-17-7-3-2-5-15(17)13-18(22)20-8-10-21(11-9-20)19(23)14-16-6-4-12-25-16/h2-7,12H,8-11,13-14H2,1H3. The van der Waals surface area contributed by atoms with Gasteiger partial charge in [-0.3, -0.25) is 9.59 Å². The predicted octanol–water partition coefficient (Wildman–Crippen LogP) is 2.21. The van der Waals surface area contributed by atoms with Gasteiger partial charge in [-0.15, -0.1) is 11.3 Å². The molecule has 6 heteroatoms. The van der Waals surface area contributed by atoms with Crippen molar-refractivity contribution in [2.75, 3.05) is 33.3 Å². The molecule has 3 rings (SSSR count). The fourth-order valence-corrected chi connectivity index (χ4v) is 3.70. The summed E-state index contributed by atoms with van der Waals surface area (Å²) in [6.45, 7) is 2.37. The number of piperazine rings is 1. The summed E-state index contributed by atoms with van der Waals surface area (Å²) in [4.78, 5) is 29.6. The quantitative estimate of drug-likeness (QED) is 0.823. The first-order valence-electron chi connectivity index (χ1n) is 8.37. The summed E-state index contributed by atoms with van der Waals surface area (Å²) >= 11 is 1.60. The molecule has 25 heavy (non-hydrogen) atoms. The third-order valence-corrected chi connectivity index (χ3v) is 5.30. The maximum absolute atomic E-state index is 12.5. The van der Waals surface area contributed by atoms with Crippen molar-refractivity contribution in [3.05, 3.63) is 52.2 Å². The van der Waals surface area contributed by atoms with Crippen molar-refractivity contribution in [3.63, 3.8) is 0 Å². The summed E-state index contributed by atoms with van der Waals surface area (Å²) in [6.07, 6.45) is 0.778. The highest BCUT2D eigenvalue weighted by atomic mass is 32.1. The van der Waals surface area contributed by atoms with Gasteiger partial charge in [0.2, 0.25) is 11.8 Å². The van der Waals surface area contributed by atoms with E-state index in [0.717, 1.165) is 16.2 Å². The Morgan fingerprint density at radius 1 is 0.960 bits per heavy atom. The van der Waals surface area contributed by atoms with Gasteiger partial charge in [0.05, 0.1) is 20.0 Å². The SMILES string of the molecule is COc1ccccc1CC(=O)N1CCN(C(=O)Cc2cccs2)CC1. The maximum atomic E-state index is 12.5. The molecule has 0 bridgehead atoms. The Hall–Kier alpha value is -2.34. The number of hydrogen-bond acceptors (Lipinski definition) is 4. The van der Waals surface area contributed by atoms with Gasteiger partial charge in [0, 0.05) is 36.6 Å². The smallest absolute Gasteiger partial charge is 0.227 e. The molecule has 2 heterocycles. The molecule has 2 amide bonds. The van der Waals surface area contributed by atoms with Crippen LogP contribution in [-0.4, -0.2) is 54.9 Å². The summed E-state index contributed by atoms with van der Waals surface area (Å²) in [6, 6.07) is 11.5. The Kier molecular flexibility index (Phi) is 5.71. The molecule has 0 radical (unpaired) electrons. The van der Waals surface area contributed by atoms with Crippen molar-refractivity contribution in [2.24, 2.45) is 0 Å². The third kappa shape index (κ3) is 4.39. The molecule has 2 aromatic rings. The van der Waals surface area contributed by atoms with Crippen molar-refractivity contribution in [3.8, 4) is 5.75 Å². The van der Waals surface area contributed by atoms with Crippen LogP contribution >= 0.6 is 11.3 Å². The lowest BCUT2D eigenvalue weighted by atomic mass is 10.1. The van der Waals surface area contributed by atoms with Gasteiger partial charge in [0.1, 0.15) is 5.75 Å². The number of nitrogens with zero attached hydrogens (tertiary/aromatic N) is 2. The first kappa shape index (κ1) is 17.5. The molecule has 1 fully saturated rings. The minimum absolute atomic E-state index is 0.0786. The van der Waals surface area contributed by atoms with Gasteiger partial charge >= 0.3 is 0 Å². The van der Waals surface area contributed by atoms with Gasteiger partial charge in [0.15, 0.2) is 0 Å². The molecule has 5 nitrogen and oxygen atoms in total. The summed E-state index contributed by atoms with van der Waals surface area (Å²) in [5.74, 6) is 0.953. The second-order valence-electron chi connectivity index (χ2n) is 6.01. The van der Waals surface area contributed by atoms with Crippen LogP contribution in [0.5, 0.6) is 5.75 Å². The number of amides is 2. The third-order valence-electron chi connectivity index (χ3n) is 4.42. The highest BCUT2D eigenvalue weighted by Gasteiger charge is 2.24. The molecular weight excluding hydrogens is 336 g/mol. The summed E-state index contributed by atoms with van der Waals surface area (Å²) in [5.41, 5.74) is 0.895. The van der Waals surface area contributed by atoms with Crippen molar-refractivity contribution in [1.29, 1.82) is 0 Å². The number of hydrogen-bond donors (Lipinski definition) is 0. The number of ether oxygens (including phenoxy) is 1. The molecule has 0 saturated carbocycles. The zero-order valence-corrected chi connectivity index (χ0v) is 15.1. The lowest BCUT2D eigenvalue weighted by Crippen LogP contribution is -2.51. The topological polar surface area (TPSA) is 49.9 Å². The zero-order chi connectivity index (χ0) is 17.6. The molecule has 1 saturated heterocycles. The van der Waals surface area contributed by atoms with Crippen LogP contribution in [0.15, 0.2) is 41.8 Å². The molecule has 0 spiro atoms. The fraction of sp³-hybridized carbons (Fsp3) is 0.368. The van der Waals surface area contributed by atoms with Crippen LogP contribution < -0.4 is 4.74 Å². The molecule has 1 aromatic carbocycles. The number of carbonyl (C=O) groups is 2. The van der Waals surface area contributed by atoms with E-state index in [0.29, 0.717) is 39.0 Å². The molecule has 0 aliphatic carbocycles.